The standard InChI is InChI=1S/C45H76O37/c1-11(48)5-13(50)39(69)71-9-18-35(27(59)33(65)41(78-18)75-15(3-4-46)22(54)29(61)38(67)68)81-44-34(66)28(60)36(80-43-32(64)26(58)24(56)17(77-43)8-72-40(70)30(62)20(52)12(2)49)19(79-44)10-74-45-37(21(53)14(51)7-73-45)82-42-31(63)25(57)23(55)16(6-47)76-42/h5,11-12,14-19,21,23-28,31-70H,3-4,6-10H2,1-2H3/b13-5+,29-22-,30-20-. The Morgan fingerprint density at radius 2 is 0.939 bits per heavy atom. The summed E-state index contributed by atoms with van der Waals surface area (Å²) in [7, 11) is 0. The Kier molecular flexibility index (Phi) is 26.4. The Morgan fingerprint density at radius 1 is 0.476 bits per heavy atom. The Balaban J connectivity index is 1.49. The molecule has 5 aliphatic rings. The van der Waals surface area contributed by atoms with Gasteiger partial charge in [0, 0.05) is 13.0 Å². The van der Waals surface area contributed by atoms with Crippen LogP contribution in [0.2, 0.25) is 0 Å². The number of aliphatic hydroxyl groups is 25. The van der Waals surface area contributed by atoms with E-state index in [9.17, 15) is 128 Å². The van der Waals surface area contributed by atoms with Crippen LogP contribution in [0.4, 0.5) is 0 Å². The van der Waals surface area contributed by atoms with Gasteiger partial charge < -0.3 is 185 Å². The summed E-state index contributed by atoms with van der Waals surface area (Å²) in [5.74, 6) is -6.18. The zero-order valence-electron chi connectivity index (χ0n) is 43.4. The lowest BCUT2D eigenvalue weighted by atomic mass is 9.96. The molecule has 0 radical (unpaired) electrons. The first-order valence-electron chi connectivity index (χ1n) is 25.3. The minimum absolute atomic E-state index is 0.653. The second kappa shape index (κ2) is 31.0. The van der Waals surface area contributed by atoms with Crippen LogP contribution in [0.5, 0.6) is 0 Å². The first kappa shape index (κ1) is 69.7. The summed E-state index contributed by atoms with van der Waals surface area (Å²) in [6.07, 6.45) is -62.5. The van der Waals surface area contributed by atoms with Crippen molar-refractivity contribution in [1.29, 1.82) is 0 Å². The molecule has 0 aromatic rings. The van der Waals surface area contributed by atoms with Crippen molar-refractivity contribution in [2.45, 2.75) is 205 Å². The molecule has 0 amide bonds. The van der Waals surface area contributed by atoms with Crippen LogP contribution in [-0.4, -0.2) is 352 Å². The van der Waals surface area contributed by atoms with Gasteiger partial charge in [-0.15, -0.1) is 0 Å². The highest BCUT2D eigenvalue weighted by Crippen LogP contribution is 2.36. The van der Waals surface area contributed by atoms with Gasteiger partial charge in [-0.25, -0.2) is 0 Å². The van der Waals surface area contributed by atoms with Gasteiger partial charge in [0.05, 0.1) is 39.1 Å². The summed E-state index contributed by atoms with van der Waals surface area (Å²) in [5.41, 5.74) is 0. The highest BCUT2D eigenvalue weighted by Gasteiger charge is 2.56. The third-order valence-corrected chi connectivity index (χ3v) is 13.4. The first-order chi connectivity index (χ1) is 38.4. The van der Waals surface area contributed by atoms with Crippen molar-refractivity contribution in [2.24, 2.45) is 0 Å². The van der Waals surface area contributed by atoms with Crippen LogP contribution >= 0.6 is 0 Å². The maximum Gasteiger partial charge on any atom is 0.217 e. The molecular formula is C45H76O37. The molecule has 0 aromatic heterocycles. The molecule has 37 nitrogen and oxygen atoms in total. The van der Waals surface area contributed by atoms with Crippen molar-refractivity contribution < 1.29 is 185 Å². The quantitative estimate of drug-likeness (QED) is 0.0282. The van der Waals surface area contributed by atoms with Crippen LogP contribution < -0.4 is 0 Å². The molecule has 0 aliphatic carbocycles. The molecule has 0 spiro atoms. The Hall–Kier alpha value is -3.06. The van der Waals surface area contributed by atoms with Crippen molar-refractivity contribution >= 4 is 0 Å². The first-order valence-corrected chi connectivity index (χ1v) is 25.3. The number of rotatable bonds is 26. The zero-order chi connectivity index (χ0) is 61.3. The van der Waals surface area contributed by atoms with Gasteiger partial charge in [0.2, 0.25) is 18.9 Å². The highest BCUT2D eigenvalue weighted by molar-refractivity contribution is 5.08. The van der Waals surface area contributed by atoms with Gasteiger partial charge in [-0.2, -0.15) is 0 Å². The molecule has 5 fully saturated rings. The summed E-state index contributed by atoms with van der Waals surface area (Å²) >= 11 is 0. The SMILES string of the molecule is CC(O)/C=C(/O)C(O)OCC1OC(OC(CCO)/C(O)=C(/O)C(O)O)C(O)C(O)C1OC1OC(COC2OCC(O)C(O)C2OC2OC(CO)C(O)C(O)C2O)C(OC2OC(COC(O)/C(O)=C(/O)C(C)O)C(O)C(O)C2O)C(O)C1O. The van der Waals surface area contributed by atoms with Crippen LogP contribution in [-0.2, 0) is 56.8 Å². The third-order valence-electron chi connectivity index (χ3n) is 13.4. The van der Waals surface area contributed by atoms with E-state index < -0.39 is 259 Å². The number of ether oxygens (including phenoxy) is 12. The molecule has 29 unspecified atom stereocenters. The van der Waals surface area contributed by atoms with Crippen molar-refractivity contribution in [2.75, 3.05) is 39.6 Å². The fraction of sp³-hybridized carbons (Fsp3) is 0.867. The molecule has 478 valence electrons. The van der Waals surface area contributed by atoms with Gasteiger partial charge in [-0.1, -0.05) is 0 Å². The van der Waals surface area contributed by atoms with E-state index in [4.69, 9.17) is 56.8 Å². The summed E-state index contributed by atoms with van der Waals surface area (Å²) < 4.78 is 67.4. The van der Waals surface area contributed by atoms with Crippen LogP contribution in [0.15, 0.2) is 34.9 Å². The van der Waals surface area contributed by atoms with Crippen molar-refractivity contribution in [3.63, 3.8) is 0 Å². The molecule has 5 rings (SSSR count). The second-order valence-corrected chi connectivity index (χ2v) is 19.6. The topological polar surface area (TPSA) is 617 Å². The van der Waals surface area contributed by atoms with Gasteiger partial charge >= 0.3 is 0 Å². The lowest BCUT2D eigenvalue weighted by Crippen LogP contribution is -2.67. The molecule has 0 aromatic carbocycles. The van der Waals surface area contributed by atoms with Gasteiger partial charge in [0.15, 0.2) is 54.5 Å². The van der Waals surface area contributed by atoms with E-state index in [-0.39, 0.29) is 0 Å². The zero-order valence-corrected chi connectivity index (χ0v) is 43.4. The minimum Gasteiger partial charge on any atom is -0.507 e. The molecule has 5 heterocycles. The molecule has 5 aliphatic heterocycles. The maximum atomic E-state index is 11.9. The predicted octanol–water partition coefficient (Wildman–Crippen LogP) is -11.7. The Bertz CT molecular complexity index is 2030. The van der Waals surface area contributed by atoms with E-state index in [1.54, 1.807) is 0 Å². The van der Waals surface area contributed by atoms with Gasteiger partial charge in [0.25, 0.3) is 0 Å². The summed E-state index contributed by atoms with van der Waals surface area (Å²) in [5, 5.41) is 261. The number of hydrogen-bond donors (Lipinski definition) is 25. The van der Waals surface area contributed by atoms with Crippen molar-refractivity contribution in [3.05, 3.63) is 34.9 Å². The van der Waals surface area contributed by atoms with Crippen LogP contribution in [0.3, 0.4) is 0 Å². The van der Waals surface area contributed by atoms with E-state index in [2.05, 4.69) is 0 Å². The van der Waals surface area contributed by atoms with Crippen LogP contribution in [0.1, 0.15) is 20.3 Å². The molecule has 0 saturated carbocycles. The average Bonchev–Trinajstić information content (AvgIpc) is 3.50. The van der Waals surface area contributed by atoms with Crippen molar-refractivity contribution in [3.8, 4) is 0 Å². The molecule has 37 heteroatoms. The second-order valence-electron chi connectivity index (χ2n) is 19.6. The minimum atomic E-state index is -2.69. The van der Waals surface area contributed by atoms with E-state index in [1.165, 1.54) is 6.92 Å². The highest BCUT2D eigenvalue weighted by atomic mass is 16.8. The summed E-state index contributed by atoms with van der Waals surface area (Å²) in [6, 6.07) is 0. The van der Waals surface area contributed by atoms with Crippen molar-refractivity contribution in [1.82, 2.24) is 0 Å². The van der Waals surface area contributed by atoms with Crippen LogP contribution in [0.25, 0.3) is 0 Å². The van der Waals surface area contributed by atoms with E-state index in [0.717, 1.165) is 13.0 Å². The normalized spacial score (nSPS) is 42.2. The third kappa shape index (κ3) is 16.9. The summed E-state index contributed by atoms with van der Waals surface area (Å²) in [6.45, 7) is -3.40. The molecule has 29 atom stereocenters. The average molecular weight is 1210 g/mol. The van der Waals surface area contributed by atoms with E-state index in [1.807, 2.05) is 0 Å². The fourth-order valence-electron chi connectivity index (χ4n) is 8.75. The molecular weight excluding hydrogens is 1130 g/mol. The maximum absolute atomic E-state index is 11.9. The van der Waals surface area contributed by atoms with E-state index >= 15 is 0 Å². The predicted molar refractivity (Wildman–Crippen MR) is 251 cm³/mol. The molecule has 82 heavy (non-hydrogen) atoms. The summed E-state index contributed by atoms with van der Waals surface area (Å²) in [4.78, 5) is 0. The molecule has 5 saturated heterocycles. The fourth-order valence-corrected chi connectivity index (χ4v) is 8.75. The van der Waals surface area contributed by atoms with E-state index in [0.29, 0.717) is 0 Å². The van der Waals surface area contributed by atoms with Gasteiger partial charge in [0.1, 0.15) is 134 Å². The lowest BCUT2D eigenvalue weighted by Gasteiger charge is -2.49. The Morgan fingerprint density at radius 3 is 1.46 bits per heavy atom. The van der Waals surface area contributed by atoms with Gasteiger partial charge in [-0.3, -0.25) is 0 Å². The number of aliphatic hydroxyl groups excluding tert-OH is 24. The number of hydrogen-bond acceptors (Lipinski definition) is 37. The smallest absolute Gasteiger partial charge is 0.217 e. The van der Waals surface area contributed by atoms with Gasteiger partial charge in [-0.05, 0) is 19.9 Å². The Labute approximate surface area is 463 Å². The van der Waals surface area contributed by atoms with Crippen LogP contribution in [0, 0.1) is 0 Å². The monoisotopic (exact) mass is 1210 g/mol. The lowest BCUT2D eigenvalue weighted by molar-refractivity contribution is -0.389. The molecule has 25 N–H and O–H groups in total. The molecule has 0 bridgehead atoms. The largest absolute Gasteiger partial charge is 0.507 e.